The average molecular weight is 360 g/mol. The van der Waals surface area contributed by atoms with Crippen LogP contribution in [-0.2, 0) is 0 Å². The summed E-state index contributed by atoms with van der Waals surface area (Å²) in [4.78, 5) is 0. The Hall–Kier alpha value is -2.18. The minimum absolute atomic E-state index is 0.748. The Morgan fingerprint density at radius 1 is 0.542 bits per heavy atom. The molecule has 4 rings (SSSR count). The quantitative estimate of drug-likeness (QED) is 0.495. The van der Waals surface area contributed by atoms with Crippen LogP contribution in [0.25, 0.3) is 29.6 Å². The molecular formula is C18H16O4S2. The molecule has 2 aromatic heterocycles. The Morgan fingerprint density at radius 3 is 1.21 bits per heavy atom. The smallest absolute Gasteiger partial charge is 0.162 e. The van der Waals surface area contributed by atoms with E-state index in [9.17, 15) is 0 Å². The van der Waals surface area contributed by atoms with Crippen LogP contribution in [0.3, 0.4) is 0 Å². The fraction of sp³-hybridized carbons (Fsp3) is 0.222. The van der Waals surface area contributed by atoms with Crippen LogP contribution >= 0.6 is 22.7 Å². The molecule has 2 heterocycles. The lowest BCUT2D eigenvalue weighted by Crippen LogP contribution is -1.89. The molecule has 0 unspecified atom stereocenters. The van der Waals surface area contributed by atoms with Gasteiger partial charge >= 0.3 is 0 Å². The summed E-state index contributed by atoms with van der Waals surface area (Å²) in [5, 5.41) is 2.37. The van der Waals surface area contributed by atoms with Gasteiger partial charge in [-0.05, 0) is 12.1 Å². The Labute approximate surface area is 147 Å². The zero-order valence-electron chi connectivity index (χ0n) is 13.8. The van der Waals surface area contributed by atoms with Gasteiger partial charge in [0.2, 0.25) is 0 Å². The van der Waals surface area contributed by atoms with Crippen molar-refractivity contribution in [3.05, 3.63) is 24.3 Å². The van der Waals surface area contributed by atoms with Crippen LogP contribution < -0.4 is 18.9 Å². The SMILES string of the molecule is COc1cc2sc3c4cc(OC)c(OC)cc4sc3c2cc1OC. The van der Waals surface area contributed by atoms with Crippen LogP contribution in [0.15, 0.2) is 24.3 Å². The van der Waals surface area contributed by atoms with Crippen LogP contribution in [-0.4, -0.2) is 28.4 Å². The lowest BCUT2D eigenvalue weighted by molar-refractivity contribution is 0.356. The summed E-state index contributed by atoms with van der Waals surface area (Å²) in [5.41, 5.74) is 0. The van der Waals surface area contributed by atoms with Crippen LogP contribution in [0, 0.1) is 0 Å². The number of hydrogen-bond acceptors (Lipinski definition) is 6. The molecule has 0 saturated carbocycles. The van der Waals surface area contributed by atoms with Gasteiger partial charge in [-0.1, -0.05) is 0 Å². The second kappa shape index (κ2) is 5.72. The number of thiophene rings is 2. The van der Waals surface area contributed by atoms with Crippen molar-refractivity contribution in [1.82, 2.24) is 0 Å². The van der Waals surface area contributed by atoms with Gasteiger partial charge in [0.25, 0.3) is 0 Å². The summed E-state index contributed by atoms with van der Waals surface area (Å²) in [6.07, 6.45) is 0. The number of fused-ring (bicyclic) bond motifs is 5. The molecule has 0 spiro atoms. The minimum atomic E-state index is 0.748. The fourth-order valence-corrected chi connectivity index (χ4v) is 5.57. The third kappa shape index (κ3) is 2.10. The van der Waals surface area contributed by atoms with Crippen LogP contribution in [0.5, 0.6) is 23.0 Å². The third-order valence-corrected chi connectivity index (χ3v) is 6.59. The van der Waals surface area contributed by atoms with E-state index in [4.69, 9.17) is 18.9 Å². The standard InChI is InChI=1S/C18H16O4S2/c1-19-11-5-9-15(7-13(11)21-3)23-18-10-6-12(20-2)14(22-4)8-16(10)24-17(9)18/h5-8H,1-4H3. The molecule has 0 aliphatic heterocycles. The number of hydrogen-bond donors (Lipinski definition) is 0. The summed E-state index contributed by atoms with van der Waals surface area (Å²) >= 11 is 3.52. The molecule has 6 heteroatoms. The van der Waals surface area contributed by atoms with Gasteiger partial charge < -0.3 is 18.9 Å². The summed E-state index contributed by atoms with van der Waals surface area (Å²) < 4.78 is 26.6. The largest absolute Gasteiger partial charge is 0.493 e. The molecule has 0 N–H and O–H groups in total. The molecular weight excluding hydrogens is 344 g/mol. The third-order valence-electron chi connectivity index (χ3n) is 4.09. The molecule has 124 valence electrons. The molecule has 24 heavy (non-hydrogen) atoms. The van der Waals surface area contributed by atoms with Crippen molar-refractivity contribution in [2.24, 2.45) is 0 Å². The highest BCUT2D eigenvalue weighted by molar-refractivity contribution is 7.36. The van der Waals surface area contributed by atoms with Crippen molar-refractivity contribution >= 4 is 52.2 Å². The van der Waals surface area contributed by atoms with E-state index in [1.807, 2.05) is 12.1 Å². The Bertz CT molecular complexity index is 976. The van der Waals surface area contributed by atoms with E-state index < -0.39 is 0 Å². The van der Waals surface area contributed by atoms with E-state index in [2.05, 4.69) is 12.1 Å². The van der Waals surface area contributed by atoms with Crippen LogP contribution in [0.1, 0.15) is 0 Å². The number of benzene rings is 2. The number of methoxy groups -OCH3 is 4. The lowest BCUT2D eigenvalue weighted by Gasteiger charge is -2.07. The van der Waals surface area contributed by atoms with Gasteiger partial charge in [-0.3, -0.25) is 0 Å². The molecule has 0 fully saturated rings. The molecule has 0 amide bonds. The zero-order chi connectivity index (χ0) is 16.8. The van der Waals surface area contributed by atoms with Crippen LogP contribution in [0.2, 0.25) is 0 Å². The van der Waals surface area contributed by atoms with Crippen molar-refractivity contribution in [2.45, 2.75) is 0 Å². The Kier molecular flexibility index (Phi) is 3.66. The van der Waals surface area contributed by atoms with Gasteiger partial charge in [0.1, 0.15) is 0 Å². The number of rotatable bonds is 4. The van der Waals surface area contributed by atoms with Crippen molar-refractivity contribution < 1.29 is 18.9 Å². The van der Waals surface area contributed by atoms with Crippen molar-refractivity contribution in [3.63, 3.8) is 0 Å². The van der Waals surface area contributed by atoms with Gasteiger partial charge in [0.15, 0.2) is 23.0 Å². The van der Waals surface area contributed by atoms with E-state index in [1.165, 1.54) is 29.6 Å². The van der Waals surface area contributed by atoms with Gasteiger partial charge in [-0.15, -0.1) is 22.7 Å². The Balaban J connectivity index is 2.07. The van der Waals surface area contributed by atoms with Crippen molar-refractivity contribution in [2.75, 3.05) is 28.4 Å². The fourth-order valence-electron chi connectivity index (χ4n) is 2.91. The summed E-state index contributed by atoms with van der Waals surface area (Å²) in [6.45, 7) is 0. The molecule has 4 nitrogen and oxygen atoms in total. The first-order valence-corrected chi connectivity index (χ1v) is 8.96. The highest BCUT2D eigenvalue weighted by Crippen LogP contribution is 2.49. The van der Waals surface area contributed by atoms with E-state index in [0.717, 1.165) is 23.0 Å². The highest BCUT2D eigenvalue weighted by Gasteiger charge is 2.17. The molecule has 0 aliphatic carbocycles. The van der Waals surface area contributed by atoms with E-state index in [0.29, 0.717) is 0 Å². The molecule has 0 aliphatic rings. The molecule has 0 bridgehead atoms. The molecule has 0 atom stereocenters. The molecule has 0 saturated heterocycles. The predicted octanol–water partition coefficient (Wildman–Crippen LogP) is 5.30. The maximum Gasteiger partial charge on any atom is 0.162 e. The second-order valence-corrected chi connectivity index (χ2v) is 7.37. The molecule has 4 aromatic rings. The summed E-state index contributed by atoms with van der Waals surface area (Å²) in [6, 6.07) is 8.18. The van der Waals surface area contributed by atoms with E-state index >= 15 is 0 Å². The second-order valence-electron chi connectivity index (χ2n) is 5.27. The normalized spacial score (nSPS) is 11.3. The van der Waals surface area contributed by atoms with Gasteiger partial charge in [0, 0.05) is 32.3 Å². The topological polar surface area (TPSA) is 36.9 Å². The first kappa shape index (κ1) is 15.4. The Morgan fingerprint density at radius 2 is 0.875 bits per heavy atom. The first-order valence-electron chi connectivity index (χ1n) is 7.33. The molecule has 2 aromatic carbocycles. The van der Waals surface area contributed by atoms with Crippen molar-refractivity contribution in [1.29, 1.82) is 0 Å². The highest BCUT2D eigenvalue weighted by atomic mass is 32.1. The lowest BCUT2D eigenvalue weighted by atomic mass is 10.2. The van der Waals surface area contributed by atoms with E-state index in [1.54, 1.807) is 51.1 Å². The maximum atomic E-state index is 5.45. The van der Waals surface area contributed by atoms with Gasteiger partial charge in [-0.2, -0.15) is 0 Å². The zero-order valence-corrected chi connectivity index (χ0v) is 15.4. The first-order chi connectivity index (χ1) is 11.7. The van der Waals surface area contributed by atoms with Gasteiger partial charge in [0.05, 0.1) is 37.8 Å². The summed E-state index contributed by atoms with van der Waals surface area (Å²) in [7, 11) is 6.64. The monoisotopic (exact) mass is 360 g/mol. The molecule has 0 radical (unpaired) electrons. The minimum Gasteiger partial charge on any atom is -0.493 e. The van der Waals surface area contributed by atoms with Crippen molar-refractivity contribution in [3.8, 4) is 23.0 Å². The maximum absolute atomic E-state index is 5.45. The predicted molar refractivity (Wildman–Crippen MR) is 101 cm³/mol. The van der Waals surface area contributed by atoms with E-state index in [-0.39, 0.29) is 0 Å². The van der Waals surface area contributed by atoms with Crippen LogP contribution in [0.4, 0.5) is 0 Å². The average Bonchev–Trinajstić information content (AvgIpc) is 3.14. The van der Waals surface area contributed by atoms with Gasteiger partial charge in [-0.25, -0.2) is 0 Å². The number of ether oxygens (including phenoxy) is 4. The summed E-state index contributed by atoms with van der Waals surface area (Å²) in [5.74, 6) is 3.00.